The molecule has 0 atom stereocenters. The van der Waals surface area contributed by atoms with Gasteiger partial charge in [-0.3, -0.25) is 9.69 Å². The van der Waals surface area contributed by atoms with Crippen LogP contribution in [0.3, 0.4) is 0 Å². The van der Waals surface area contributed by atoms with Crippen LogP contribution >= 0.6 is 0 Å². The average molecular weight is 394 g/mol. The molecule has 6 heteroatoms. The molecule has 6 nitrogen and oxygen atoms in total. The van der Waals surface area contributed by atoms with E-state index in [0.29, 0.717) is 31.2 Å². The molecule has 0 bridgehead atoms. The maximum atomic E-state index is 12.7. The summed E-state index contributed by atoms with van der Waals surface area (Å²) in [5.74, 6) is 2.68. The first kappa shape index (κ1) is 19.3. The maximum absolute atomic E-state index is 12.7. The Balaban J connectivity index is 1.27. The van der Waals surface area contributed by atoms with E-state index >= 15 is 0 Å². The number of rotatable bonds is 7. The molecule has 1 saturated heterocycles. The SMILES string of the molecule is CCc1ccc(OCc2ccc(C(=O)N3CCN(Cc4ccco4)CC3)o2)cc1. The molecule has 3 aromatic rings. The lowest BCUT2D eigenvalue weighted by molar-refractivity contribution is 0.0586. The largest absolute Gasteiger partial charge is 0.486 e. The lowest BCUT2D eigenvalue weighted by Crippen LogP contribution is -2.48. The Kier molecular flexibility index (Phi) is 6.00. The van der Waals surface area contributed by atoms with E-state index in [4.69, 9.17) is 13.6 Å². The first-order valence-corrected chi connectivity index (χ1v) is 10.1. The molecule has 0 N–H and O–H groups in total. The summed E-state index contributed by atoms with van der Waals surface area (Å²) in [6, 6.07) is 15.4. The predicted molar refractivity (Wildman–Crippen MR) is 109 cm³/mol. The van der Waals surface area contributed by atoms with Crippen molar-refractivity contribution in [3.63, 3.8) is 0 Å². The van der Waals surface area contributed by atoms with Gasteiger partial charge < -0.3 is 18.5 Å². The van der Waals surface area contributed by atoms with Crippen LogP contribution in [0.5, 0.6) is 5.75 Å². The molecule has 1 amide bonds. The number of nitrogens with zero attached hydrogens (tertiary/aromatic N) is 2. The van der Waals surface area contributed by atoms with Crippen molar-refractivity contribution in [2.75, 3.05) is 26.2 Å². The van der Waals surface area contributed by atoms with Crippen molar-refractivity contribution in [3.05, 3.63) is 77.6 Å². The van der Waals surface area contributed by atoms with Gasteiger partial charge in [0, 0.05) is 26.2 Å². The lowest BCUT2D eigenvalue weighted by Gasteiger charge is -2.33. The van der Waals surface area contributed by atoms with Gasteiger partial charge in [-0.15, -0.1) is 0 Å². The van der Waals surface area contributed by atoms with Crippen molar-refractivity contribution in [3.8, 4) is 5.75 Å². The third-order valence-corrected chi connectivity index (χ3v) is 5.20. The standard InChI is InChI=1S/C23H26N2O4/c1-2-18-5-7-19(8-6-18)28-17-21-9-10-22(29-21)23(26)25-13-11-24(12-14-25)16-20-4-3-15-27-20/h3-10,15H,2,11-14,16-17H2,1H3. The Bertz CT molecular complexity index is 907. The van der Waals surface area contributed by atoms with E-state index in [-0.39, 0.29) is 5.91 Å². The van der Waals surface area contributed by atoms with E-state index in [2.05, 4.69) is 24.0 Å². The number of carbonyl (C=O) groups excluding carboxylic acids is 1. The molecule has 0 unspecified atom stereocenters. The number of amides is 1. The van der Waals surface area contributed by atoms with Crippen LogP contribution in [0.1, 0.15) is 34.6 Å². The van der Waals surface area contributed by atoms with Crippen molar-refractivity contribution < 1.29 is 18.4 Å². The molecule has 0 spiro atoms. The van der Waals surface area contributed by atoms with Crippen LogP contribution in [0.25, 0.3) is 0 Å². The highest BCUT2D eigenvalue weighted by molar-refractivity contribution is 5.91. The molecule has 1 fully saturated rings. The fourth-order valence-electron chi connectivity index (χ4n) is 3.43. The third kappa shape index (κ3) is 4.90. The highest BCUT2D eigenvalue weighted by Crippen LogP contribution is 2.18. The van der Waals surface area contributed by atoms with Crippen molar-refractivity contribution in [1.82, 2.24) is 9.80 Å². The Hall–Kier alpha value is -2.99. The molecule has 1 aromatic carbocycles. The minimum atomic E-state index is -0.0683. The van der Waals surface area contributed by atoms with Gasteiger partial charge in [0.05, 0.1) is 12.8 Å². The monoisotopic (exact) mass is 394 g/mol. The van der Waals surface area contributed by atoms with Gasteiger partial charge >= 0.3 is 0 Å². The van der Waals surface area contributed by atoms with Gasteiger partial charge in [-0.05, 0) is 48.4 Å². The molecular weight excluding hydrogens is 368 g/mol. The Morgan fingerprint density at radius 1 is 1.00 bits per heavy atom. The van der Waals surface area contributed by atoms with Crippen LogP contribution in [0, 0.1) is 0 Å². The van der Waals surface area contributed by atoms with Gasteiger partial charge in [0.25, 0.3) is 5.91 Å². The fourth-order valence-corrected chi connectivity index (χ4v) is 3.43. The van der Waals surface area contributed by atoms with Crippen molar-refractivity contribution in [1.29, 1.82) is 0 Å². The normalized spacial score (nSPS) is 14.9. The van der Waals surface area contributed by atoms with Gasteiger partial charge in [-0.1, -0.05) is 19.1 Å². The summed E-state index contributed by atoms with van der Waals surface area (Å²) in [5.41, 5.74) is 1.27. The van der Waals surface area contributed by atoms with Crippen LogP contribution in [0.15, 0.2) is 63.6 Å². The van der Waals surface area contributed by atoms with Crippen LogP contribution in [0.2, 0.25) is 0 Å². The summed E-state index contributed by atoms with van der Waals surface area (Å²) in [6.45, 7) is 6.18. The van der Waals surface area contributed by atoms with Crippen LogP contribution < -0.4 is 4.74 Å². The highest BCUT2D eigenvalue weighted by atomic mass is 16.5. The van der Waals surface area contributed by atoms with Crippen molar-refractivity contribution in [2.45, 2.75) is 26.5 Å². The van der Waals surface area contributed by atoms with E-state index in [1.807, 2.05) is 29.2 Å². The quantitative estimate of drug-likeness (QED) is 0.607. The zero-order valence-corrected chi connectivity index (χ0v) is 16.7. The molecule has 0 saturated carbocycles. The summed E-state index contributed by atoms with van der Waals surface area (Å²) in [7, 11) is 0. The number of benzene rings is 1. The second-order valence-corrected chi connectivity index (χ2v) is 7.20. The first-order chi connectivity index (χ1) is 14.2. The summed E-state index contributed by atoms with van der Waals surface area (Å²) in [4.78, 5) is 16.9. The van der Waals surface area contributed by atoms with Gasteiger partial charge in [-0.2, -0.15) is 0 Å². The smallest absolute Gasteiger partial charge is 0.289 e. The number of piperazine rings is 1. The fraction of sp³-hybridized carbons (Fsp3) is 0.348. The van der Waals surface area contributed by atoms with Gasteiger partial charge in [0.15, 0.2) is 5.76 Å². The highest BCUT2D eigenvalue weighted by Gasteiger charge is 2.24. The predicted octanol–water partition coefficient (Wildman–Crippen LogP) is 3.97. The molecule has 1 aliphatic rings. The number of aryl methyl sites for hydroxylation is 1. The Morgan fingerprint density at radius 3 is 2.48 bits per heavy atom. The number of furan rings is 2. The summed E-state index contributed by atoms with van der Waals surface area (Å²) < 4.78 is 16.9. The molecule has 1 aliphatic heterocycles. The summed E-state index contributed by atoms with van der Waals surface area (Å²) >= 11 is 0. The topological polar surface area (TPSA) is 59.1 Å². The van der Waals surface area contributed by atoms with E-state index in [9.17, 15) is 4.79 Å². The Labute approximate surface area is 170 Å². The average Bonchev–Trinajstić information content (AvgIpc) is 3.45. The van der Waals surface area contributed by atoms with Crippen molar-refractivity contribution in [2.24, 2.45) is 0 Å². The van der Waals surface area contributed by atoms with E-state index in [1.165, 1.54) is 5.56 Å². The van der Waals surface area contributed by atoms with Crippen LogP contribution in [-0.4, -0.2) is 41.9 Å². The molecule has 0 radical (unpaired) electrons. The molecule has 29 heavy (non-hydrogen) atoms. The number of hydrogen-bond donors (Lipinski definition) is 0. The molecule has 0 aliphatic carbocycles. The van der Waals surface area contributed by atoms with Gasteiger partial charge in [0.2, 0.25) is 0 Å². The molecule has 2 aromatic heterocycles. The van der Waals surface area contributed by atoms with Gasteiger partial charge in [0.1, 0.15) is 23.9 Å². The minimum Gasteiger partial charge on any atom is -0.486 e. The Morgan fingerprint density at radius 2 is 1.79 bits per heavy atom. The zero-order valence-electron chi connectivity index (χ0n) is 16.7. The number of hydrogen-bond acceptors (Lipinski definition) is 5. The van der Waals surface area contributed by atoms with E-state index < -0.39 is 0 Å². The molecule has 4 rings (SSSR count). The maximum Gasteiger partial charge on any atom is 0.289 e. The minimum absolute atomic E-state index is 0.0683. The van der Waals surface area contributed by atoms with Crippen molar-refractivity contribution >= 4 is 5.91 Å². The first-order valence-electron chi connectivity index (χ1n) is 10.1. The second-order valence-electron chi connectivity index (χ2n) is 7.20. The van der Waals surface area contributed by atoms with Crippen LogP contribution in [0.4, 0.5) is 0 Å². The molecule has 152 valence electrons. The molecule has 3 heterocycles. The lowest BCUT2D eigenvalue weighted by atomic mass is 10.2. The number of carbonyl (C=O) groups is 1. The third-order valence-electron chi connectivity index (χ3n) is 5.20. The van der Waals surface area contributed by atoms with E-state index in [1.54, 1.807) is 18.4 Å². The second kappa shape index (κ2) is 9.01. The zero-order chi connectivity index (χ0) is 20.1. The van der Waals surface area contributed by atoms with Gasteiger partial charge in [-0.25, -0.2) is 0 Å². The van der Waals surface area contributed by atoms with E-state index in [0.717, 1.165) is 37.6 Å². The number of ether oxygens (including phenoxy) is 1. The summed E-state index contributed by atoms with van der Waals surface area (Å²) in [6.07, 6.45) is 2.69. The molecular formula is C23H26N2O4. The van der Waals surface area contributed by atoms with Crippen LogP contribution in [-0.2, 0) is 19.6 Å². The summed E-state index contributed by atoms with van der Waals surface area (Å²) in [5, 5.41) is 0.